The number of aromatic nitrogens is 1. The van der Waals surface area contributed by atoms with Crippen LogP contribution in [0.25, 0.3) is 0 Å². The standard InChI is InChI=1S/C12H19N3/c1-12(7-2-3-8-12)9-14-11-6-4-5-10(13)15-11/h4-6H,2-3,7-9H2,1H3,(H3,13,14,15). The molecule has 82 valence electrons. The zero-order valence-corrected chi connectivity index (χ0v) is 9.29. The van der Waals surface area contributed by atoms with Crippen LogP contribution >= 0.6 is 0 Å². The van der Waals surface area contributed by atoms with Gasteiger partial charge in [-0.3, -0.25) is 0 Å². The fourth-order valence-electron chi connectivity index (χ4n) is 2.26. The normalized spacial score (nSPS) is 19.0. The minimum atomic E-state index is 0.451. The molecule has 1 aromatic heterocycles. The highest BCUT2D eigenvalue weighted by molar-refractivity contribution is 5.42. The smallest absolute Gasteiger partial charge is 0.128 e. The van der Waals surface area contributed by atoms with Gasteiger partial charge in [-0.05, 0) is 30.4 Å². The van der Waals surface area contributed by atoms with Crippen molar-refractivity contribution in [2.45, 2.75) is 32.6 Å². The molecule has 0 atom stereocenters. The first-order valence-corrected chi connectivity index (χ1v) is 5.64. The summed E-state index contributed by atoms with van der Waals surface area (Å²) < 4.78 is 0. The first-order chi connectivity index (χ1) is 7.18. The molecule has 3 heteroatoms. The van der Waals surface area contributed by atoms with Crippen LogP contribution in [0.4, 0.5) is 11.6 Å². The van der Waals surface area contributed by atoms with E-state index in [0.29, 0.717) is 11.2 Å². The number of rotatable bonds is 3. The molecule has 0 aliphatic heterocycles. The first kappa shape index (κ1) is 10.3. The molecule has 3 nitrogen and oxygen atoms in total. The second-order valence-corrected chi connectivity index (χ2v) is 4.82. The number of hydrogen-bond donors (Lipinski definition) is 2. The van der Waals surface area contributed by atoms with E-state index in [-0.39, 0.29) is 0 Å². The van der Waals surface area contributed by atoms with Crippen molar-refractivity contribution >= 4 is 11.6 Å². The Morgan fingerprint density at radius 2 is 2.13 bits per heavy atom. The maximum absolute atomic E-state index is 5.62. The Balaban J connectivity index is 1.92. The van der Waals surface area contributed by atoms with Gasteiger partial charge in [-0.15, -0.1) is 0 Å². The van der Waals surface area contributed by atoms with Crippen LogP contribution in [-0.2, 0) is 0 Å². The summed E-state index contributed by atoms with van der Waals surface area (Å²) in [5.74, 6) is 1.47. The molecule has 1 heterocycles. The molecule has 0 unspecified atom stereocenters. The van der Waals surface area contributed by atoms with Crippen LogP contribution in [0.2, 0.25) is 0 Å². The van der Waals surface area contributed by atoms with Gasteiger partial charge in [0.25, 0.3) is 0 Å². The summed E-state index contributed by atoms with van der Waals surface area (Å²) >= 11 is 0. The number of nitrogens with one attached hydrogen (secondary N) is 1. The van der Waals surface area contributed by atoms with E-state index in [1.807, 2.05) is 18.2 Å². The van der Waals surface area contributed by atoms with Crippen molar-refractivity contribution in [1.29, 1.82) is 0 Å². The van der Waals surface area contributed by atoms with Crippen LogP contribution in [0, 0.1) is 5.41 Å². The predicted molar refractivity (Wildman–Crippen MR) is 63.7 cm³/mol. The Hall–Kier alpha value is -1.25. The topological polar surface area (TPSA) is 50.9 Å². The summed E-state index contributed by atoms with van der Waals surface area (Å²) in [6.45, 7) is 3.35. The van der Waals surface area contributed by atoms with Gasteiger partial charge in [-0.2, -0.15) is 0 Å². The largest absolute Gasteiger partial charge is 0.384 e. The Kier molecular flexibility index (Phi) is 2.80. The Morgan fingerprint density at radius 3 is 2.80 bits per heavy atom. The van der Waals surface area contributed by atoms with Gasteiger partial charge in [0.05, 0.1) is 0 Å². The van der Waals surface area contributed by atoms with Crippen molar-refractivity contribution < 1.29 is 0 Å². The van der Waals surface area contributed by atoms with E-state index in [4.69, 9.17) is 5.73 Å². The molecule has 0 spiro atoms. The van der Waals surface area contributed by atoms with Gasteiger partial charge >= 0.3 is 0 Å². The fourth-order valence-corrected chi connectivity index (χ4v) is 2.26. The monoisotopic (exact) mass is 205 g/mol. The highest BCUT2D eigenvalue weighted by Gasteiger charge is 2.28. The number of nitrogen functional groups attached to an aromatic ring is 1. The minimum absolute atomic E-state index is 0.451. The van der Waals surface area contributed by atoms with Gasteiger partial charge in [0.2, 0.25) is 0 Å². The Labute approximate surface area is 91.1 Å². The number of pyridine rings is 1. The van der Waals surface area contributed by atoms with Crippen LogP contribution < -0.4 is 11.1 Å². The maximum atomic E-state index is 5.62. The van der Waals surface area contributed by atoms with Crippen LogP contribution in [0.3, 0.4) is 0 Å². The van der Waals surface area contributed by atoms with Gasteiger partial charge in [0.1, 0.15) is 11.6 Å². The summed E-state index contributed by atoms with van der Waals surface area (Å²) in [5, 5.41) is 3.38. The zero-order chi connectivity index (χ0) is 10.7. The number of anilines is 2. The molecule has 3 N–H and O–H groups in total. The van der Waals surface area contributed by atoms with Crippen LogP contribution in [0.1, 0.15) is 32.6 Å². The molecule has 0 bridgehead atoms. The van der Waals surface area contributed by atoms with E-state index in [1.54, 1.807) is 0 Å². The lowest BCUT2D eigenvalue weighted by Gasteiger charge is -2.23. The third kappa shape index (κ3) is 2.61. The highest BCUT2D eigenvalue weighted by atomic mass is 15.0. The quantitative estimate of drug-likeness (QED) is 0.797. The van der Waals surface area contributed by atoms with E-state index in [9.17, 15) is 0 Å². The number of nitrogens with zero attached hydrogens (tertiary/aromatic N) is 1. The zero-order valence-electron chi connectivity index (χ0n) is 9.29. The average Bonchev–Trinajstić information content (AvgIpc) is 2.63. The molecule has 0 amide bonds. The van der Waals surface area contributed by atoms with E-state index in [0.717, 1.165) is 12.4 Å². The van der Waals surface area contributed by atoms with Crippen molar-refractivity contribution in [1.82, 2.24) is 4.98 Å². The SMILES string of the molecule is CC1(CNc2cccc(N)n2)CCCC1. The van der Waals surface area contributed by atoms with Crippen LogP contribution in [0.5, 0.6) is 0 Å². The third-order valence-electron chi connectivity index (χ3n) is 3.28. The molecule has 0 saturated heterocycles. The van der Waals surface area contributed by atoms with Crippen LogP contribution in [0.15, 0.2) is 18.2 Å². The molecule has 15 heavy (non-hydrogen) atoms. The summed E-state index contributed by atoms with van der Waals surface area (Å²) in [5.41, 5.74) is 6.07. The van der Waals surface area contributed by atoms with Crippen molar-refractivity contribution in [2.24, 2.45) is 5.41 Å². The molecule has 1 saturated carbocycles. The van der Waals surface area contributed by atoms with Gasteiger partial charge in [-0.1, -0.05) is 25.8 Å². The summed E-state index contributed by atoms with van der Waals surface area (Å²) in [6, 6.07) is 5.71. The summed E-state index contributed by atoms with van der Waals surface area (Å²) in [4.78, 5) is 4.23. The van der Waals surface area contributed by atoms with E-state index < -0.39 is 0 Å². The number of hydrogen-bond acceptors (Lipinski definition) is 3. The second-order valence-electron chi connectivity index (χ2n) is 4.82. The second kappa shape index (κ2) is 4.09. The molecule has 1 fully saturated rings. The Morgan fingerprint density at radius 1 is 1.40 bits per heavy atom. The van der Waals surface area contributed by atoms with Crippen LogP contribution in [-0.4, -0.2) is 11.5 Å². The Bertz CT molecular complexity index is 329. The van der Waals surface area contributed by atoms with E-state index >= 15 is 0 Å². The maximum Gasteiger partial charge on any atom is 0.128 e. The highest BCUT2D eigenvalue weighted by Crippen LogP contribution is 2.37. The van der Waals surface area contributed by atoms with Crippen molar-refractivity contribution in [2.75, 3.05) is 17.6 Å². The van der Waals surface area contributed by atoms with Crippen molar-refractivity contribution in [3.8, 4) is 0 Å². The van der Waals surface area contributed by atoms with Crippen molar-refractivity contribution in [3.63, 3.8) is 0 Å². The third-order valence-corrected chi connectivity index (χ3v) is 3.28. The fraction of sp³-hybridized carbons (Fsp3) is 0.583. The van der Waals surface area contributed by atoms with Gasteiger partial charge < -0.3 is 11.1 Å². The van der Waals surface area contributed by atoms with Gasteiger partial charge in [-0.25, -0.2) is 4.98 Å². The molecular formula is C12H19N3. The lowest BCUT2D eigenvalue weighted by molar-refractivity contribution is 0.361. The molecule has 1 aromatic rings. The minimum Gasteiger partial charge on any atom is -0.384 e. The van der Waals surface area contributed by atoms with Gasteiger partial charge in [0, 0.05) is 6.54 Å². The molecular weight excluding hydrogens is 186 g/mol. The molecule has 0 radical (unpaired) electrons. The molecule has 1 aliphatic rings. The predicted octanol–water partition coefficient (Wildman–Crippen LogP) is 2.66. The summed E-state index contributed by atoms with van der Waals surface area (Å²) in [6.07, 6.45) is 5.37. The van der Waals surface area contributed by atoms with Crippen molar-refractivity contribution in [3.05, 3.63) is 18.2 Å². The lowest BCUT2D eigenvalue weighted by atomic mass is 9.89. The van der Waals surface area contributed by atoms with Gasteiger partial charge in [0.15, 0.2) is 0 Å². The molecule has 1 aliphatic carbocycles. The number of nitrogens with two attached hydrogens (primary N) is 1. The average molecular weight is 205 g/mol. The molecule has 2 rings (SSSR count). The van der Waals surface area contributed by atoms with E-state index in [2.05, 4.69) is 17.2 Å². The lowest BCUT2D eigenvalue weighted by Crippen LogP contribution is -2.23. The molecule has 0 aromatic carbocycles. The van der Waals surface area contributed by atoms with E-state index in [1.165, 1.54) is 25.7 Å². The summed E-state index contributed by atoms with van der Waals surface area (Å²) in [7, 11) is 0. The first-order valence-electron chi connectivity index (χ1n) is 5.64.